The van der Waals surface area contributed by atoms with Gasteiger partial charge in [-0.15, -0.1) is 0 Å². The van der Waals surface area contributed by atoms with Crippen molar-refractivity contribution in [3.05, 3.63) is 93.9 Å². The van der Waals surface area contributed by atoms with Gasteiger partial charge in [-0.3, -0.25) is 0 Å². The molecule has 0 spiro atoms. The number of benzene rings is 3. The van der Waals surface area contributed by atoms with Gasteiger partial charge in [0.15, 0.2) is 23.0 Å². The maximum Gasteiger partial charge on any atom is 0.344 e. The molecule has 0 bridgehead atoms. The number of hydrogen-bond acceptors (Lipinski definition) is 7. The zero-order chi connectivity index (χ0) is 24.5. The van der Waals surface area contributed by atoms with E-state index < -0.39 is 11.5 Å². The summed E-state index contributed by atoms with van der Waals surface area (Å²) in [5.41, 5.74) is 2.01. The summed E-state index contributed by atoms with van der Waals surface area (Å²) in [6, 6.07) is 18.4. The third-order valence-corrected chi connectivity index (χ3v) is 6.07. The fourth-order valence-electron chi connectivity index (χ4n) is 4.35. The van der Waals surface area contributed by atoms with Gasteiger partial charge in [-0.2, -0.15) is 0 Å². The molecular formula is C28H24O7. The third-order valence-electron chi connectivity index (χ3n) is 6.07. The van der Waals surface area contributed by atoms with Gasteiger partial charge in [0.05, 0.1) is 39.4 Å². The van der Waals surface area contributed by atoms with Crippen LogP contribution in [0, 0.1) is 0 Å². The van der Waals surface area contributed by atoms with E-state index >= 15 is 0 Å². The first-order valence-electron chi connectivity index (χ1n) is 11.0. The molecule has 1 aromatic heterocycles. The Morgan fingerprint density at radius 2 is 1.40 bits per heavy atom. The Hall–Kier alpha value is -4.39. The van der Waals surface area contributed by atoms with Crippen LogP contribution in [-0.4, -0.2) is 28.4 Å². The number of allylic oxidation sites excluding steroid dienone is 1. The standard InChI is InChI=1S/C28H24O7/c1-30-21-11-9-16(13-24(21)32-3)19-15-23(17-10-12-22(31-2)25(14-17)33-4)34-27-18-7-5-6-8-20(18)35-28(29)26(19)27/h5-15,19H,1-4H3. The van der Waals surface area contributed by atoms with Gasteiger partial charge in [0.25, 0.3) is 0 Å². The quantitative estimate of drug-likeness (QED) is 0.348. The van der Waals surface area contributed by atoms with E-state index in [9.17, 15) is 4.79 Å². The number of methoxy groups -OCH3 is 4. The van der Waals surface area contributed by atoms with E-state index in [4.69, 9.17) is 28.1 Å². The van der Waals surface area contributed by atoms with E-state index in [2.05, 4.69) is 0 Å². The summed E-state index contributed by atoms with van der Waals surface area (Å²) in [4.78, 5) is 13.2. The van der Waals surface area contributed by atoms with Crippen LogP contribution in [0.2, 0.25) is 0 Å². The molecule has 1 aliphatic heterocycles. The molecule has 5 rings (SSSR count). The predicted molar refractivity (Wildman–Crippen MR) is 132 cm³/mol. The Morgan fingerprint density at radius 1 is 0.743 bits per heavy atom. The highest BCUT2D eigenvalue weighted by Gasteiger charge is 2.31. The molecule has 0 radical (unpaired) electrons. The van der Waals surface area contributed by atoms with Gasteiger partial charge in [0.1, 0.15) is 17.1 Å². The van der Waals surface area contributed by atoms with E-state index in [0.717, 1.165) is 11.1 Å². The molecule has 0 saturated carbocycles. The van der Waals surface area contributed by atoms with Crippen LogP contribution in [0.5, 0.6) is 28.7 Å². The SMILES string of the molecule is COc1ccc(C2=CC(c3ccc(OC)c(OC)c3)c3c(c4ccccc4oc3=O)O2)cc1OC. The average Bonchev–Trinajstić information content (AvgIpc) is 2.91. The summed E-state index contributed by atoms with van der Waals surface area (Å²) in [6.45, 7) is 0. The van der Waals surface area contributed by atoms with Gasteiger partial charge < -0.3 is 28.1 Å². The lowest BCUT2D eigenvalue weighted by Gasteiger charge is -2.26. The van der Waals surface area contributed by atoms with Crippen LogP contribution < -0.4 is 29.3 Å². The molecule has 0 saturated heterocycles. The largest absolute Gasteiger partial charge is 0.493 e. The number of para-hydroxylation sites is 1. The van der Waals surface area contributed by atoms with Crippen molar-refractivity contribution in [2.75, 3.05) is 28.4 Å². The van der Waals surface area contributed by atoms with Crippen LogP contribution in [0.25, 0.3) is 16.7 Å². The van der Waals surface area contributed by atoms with Crippen molar-refractivity contribution in [3.63, 3.8) is 0 Å². The minimum atomic E-state index is -0.457. The van der Waals surface area contributed by atoms with Gasteiger partial charge in [-0.25, -0.2) is 4.79 Å². The molecule has 178 valence electrons. The van der Waals surface area contributed by atoms with E-state index in [0.29, 0.717) is 51.0 Å². The highest BCUT2D eigenvalue weighted by molar-refractivity contribution is 5.87. The lowest BCUT2D eigenvalue weighted by Crippen LogP contribution is -2.19. The maximum absolute atomic E-state index is 13.2. The molecule has 0 fully saturated rings. The average molecular weight is 472 g/mol. The highest BCUT2D eigenvalue weighted by Crippen LogP contribution is 2.45. The first-order valence-corrected chi connectivity index (χ1v) is 11.0. The van der Waals surface area contributed by atoms with Crippen LogP contribution in [-0.2, 0) is 0 Å². The summed E-state index contributed by atoms with van der Waals surface area (Å²) in [5.74, 6) is 2.92. The second-order valence-corrected chi connectivity index (χ2v) is 7.92. The Labute approximate surface area is 202 Å². The topological polar surface area (TPSA) is 76.4 Å². The third kappa shape index (κ3) is 3.85. The molecular weight excluding hydrogens is 448 g/mol. The van der Waals surface area contributed by atoms with Crippen molar-refractivity contribution in [1.29, 1.82) is 0 Å². The molecule has 0 aliphatic carbocycles. The summed E-state index contributed by atoms with van der Waals surface area (Å²) < 4.78 is 33.8. The number of fused-ring (bicyclic) bond motifs is 3. The normalized spacial score (nSPS) is 14.5. The maximum atomic E-state index is 13.2. The van der Waals surface area contributed by atoms with Gasteiger partial charge in [-0.1, -0.05) is 18.2 Å². The second-order valence-electron chi connectivity index (χ2n) is 7.92. The van der Waals surface area contributed by atoms with E-state index in [-0.39, 0.29) is 0 Å². The molecule has 1 aliphatic rings. The van der Waals surface area contributed by atoms with Crippen LogP contribution in [0.15, 0.2) is 76.0 Å². The summed E-state index contributed by atoms with van der Waals surface area (Å²) in [7, 11) is 6.32. The first-order chi connectivity index (χ1) is 17.1. The Bertz CT molecular complexity index is 1500. The zero-order valence-electron chi connectivity index (χ0n) is 19.8. The highest BCUT2D eigenvalue weighted by atomic mass is 16.5. The van der Waals surface area contributed by atoms with Crippen molar-refractivity contribution >= 4 is 16.7 Å². The lowest BCUT2D eigenvalue weighted by atomic mass is 9.87. The van der Waals surface area contributed by atoms with Gasteiger partial charge in [-0.05, 0) is 54.1 Å². The van der Waals surface area contributed by atoms with Crippen molar-refractivity contribution < 1.29 is 28.1 Å². The van der Waals surface area contributed by atoms with E-state index in [1.54, 1.807) is 34.5 Å². The molecule has 7 heteroatoms. The Kier molecular flexibility index (Phi) is 5.82. The summed E-state index contributed by atoms with van der Waals surface area (Å²) in [5, 5.41) is 0.707. The van der Waals surface area contributed by atoms with Crippen molar-refractivity contribution in [3.8, 4) is 28.7 Å². The smallest absolute Gasteiger partial charge is 0.344 e. The molecule has 0 N–H and O–H groups in total. The molecule has 7 nitrogen and oxygen atoms in total. The fourth-order valence-corrected chi connectivity index (χ4v) is 4.35. The number of ether oxygens (including phenoxy) is 5. The van der Waals surface area contributed by atoms with Crippen LogP contribution in [0.4, 0.5) is 0 Å². The number of rotatable bonds is 6. The van der Waals surface area contributed by atoms with Crippen LogP contribution in [0.1, 0.15) is 22.6 Å². The molecule has 35 heavy (non-hydrogen) atoms. The molecule has 1 atom stereocenters. The van der Waals surface area contributed by atoms with E-state index in [1.165, 1.54) is 0 Å². The molecule has 0 amide bonds. The van der Waals surface area contributed by atoms with Gasteiger partial charge in [0.2, 0.25) is 0 Å². The Morgan fingerprint density at radius 3 is 2.11 bits per heavy atom. The molecule has 2 heterocycles. The summed E-state index contributed by atoms with van der Waals surface area (Å²) >= 11 is 0. The minimum absolute atomic E-state index is 0.417. The number of hydrogen-bond donors (Lipinski definition) is 0. The van der Waals surface area contributed by atoms with Crippen molar-refractivity contribution in [2.45, 2.75) is 5.92 Å². The van der Waals surface area contributed by atoms with Crippen molar-refractivity contribution in [1.82, 2.24) is 0 Å². The van der Waals surface area contributed by atoms with E-state index in [1.807, 2.05) is 60.7 Å². The fraction of sp³-hybridized carbons (Fsp3) is 0.179. The first kappa shape index (κ1) is 22.4. The Balaban J connectivity index is 1.75. The molecule has 3 aromatic carbocycles. The molecule has 4 aromatic rings. The monoisotopic (exact) mass is 472 g/mol. The summed E-state index contributed by atoms with van der Waals surface area (Å²) in [6.07, 6.45) is 1.90. The predicted octanol–water partition coefficient (Wildman–Crippen LogP) is 5.39. The van der Waals surface area contributed by atoms with Crippen LogP contribution in [0.3, 0.4) is 0 Å². The molecule has 1 unspecified atom stereocenters. The van der Waals surface area contributed by atoms with Gasteiger partial charge in [0, 0.05) is 11.5 Å². The van der Waals surface area contributed by atoms with Crippen LogP contribution >= 0.6 is 0 Å². The second kappa shape index (κ2) is 9.10. The minimum Gasteiger partial charge on any atom is -0.493 e. The zero-order valence-corrected chi connectivity index (χ0v) is 19.8. The van der Waals surface area contributed by atoms with Gasteiger partial charge >= 0.3 is 5.63 Å². The lowest BCUT2D eigenvalue weighted by molar-refractivity contribution is 0.354. The van der Waals surface area contributed by atoms with Crippen molar-refractivity contribution in [2.24, 2.45) is 0 Å².